The van der Waals surface area contributed by atoms with E-state index >= 15 is 0 Å². The van der Waals surface area contributed by atoms with Gasteiger partial charge < -0.3 is 0 Å². The lowest BCUT2D eigenvalue weighted by Gasteiger charge is -1.99. The molecular formula is C11H12N4S. The molecule has 2 aromatic rings. The summed E-state index contributed by atoms with van der Waals surface area (Å²) in [5, 5.41) is 7.04. The van der Waals surface area contributed by atoms with Crippen molar-refractivity contribution in [2.75, 3.05) is 5.43 Å². The van der Waals surface area contributed by atoms with Crippen molar-refractivity contribution in [2.24, 2.45) is 5.10 Å². The van der Waals surface area contributed by atoms with Crippen LogP contribution in [0.2, 0.25) is 0 Å². The summed E-state index contributed by atoms with van der Waals surface area (Å²) in [6.07, 6.45) is 3.53. The highest BCUT2D eigenvalue weighted by Gasteiger charge is 1.98. The summed E-state index contributed by atoms with van der Waals surface area (Å²) in [4.78, 5) is 8.30. The minimum Gasteiger partial charge on any atom is -0.264 e. The van der Waals surface area contributed by atoms with Gasteiger partial charge in [-0.05, 0) is 19.9 Å². The number of thiazole rings is 1. The van der Waals surface area contributed by atoms with Crippen LogP contribution in [0.15, 0.2) is 35.0 Å². The van der Waals surface area contributed by atoms with Crippen LogP contribution >= 0.6 is 11.3 Å². The van der Waals surface area contributed by atoms with Gasteiger partial charge in [-0.15, -0.1) is 11.3 Å². The minimum absolute atomic E-state index is 0.806. The molecule has 4 nitrogen and oxygen atoms in total. The molecule has 2 aromatic heterocycles. The van der Waals surface area contributed by atoms with E-state index in [9.17, 15) is 0 Å². The van der Waals surface area contributed by atoms with Gasteiger partial charge in [-0.3, -0.25) is 10.4 Å². The van der Waals surface area contributed by atoms with Gasteiger partial charge in [-0.2, -0.15) is 5.10 Å². The Labute approximate surface area is 98.1 Å². The molecule has 1 N–H and O–H groups in total. The molecule has 0 unspecified atom stereocenters. The number of anilines is 1. The quantitative estimate of drug-likeness (QED) is 0.654. The Balaban J connectivity index is 2.08. The standard InChI is InChI=1S/C11H12N4S/c1-8-7-16-11(13-8)15-14-9(2)10-4-3-5-12-6-10/h3-7H,1-2H3,(H,13,15)/b14-9-. The smallest absolute Gasteiger partial charge is 0.203 e. The highest BCUT2D eigenvalue weighted by Crippen LogP contribution is 2.14. The molecule has 0 atom stereocenters. The van der Waals surface area contributed by atoms with Crippen molar-refractivity contribution < 1.29 is 0 Å². The number of aryl methyl sites for hydroxylation is 1. The fourth-order valence-electron chi connectivity index (χ4n) is 1.18. The molecule has 0 saturated heterocycles. The molecular weight excluding hydrogens is 220 g/mol. The van der Waals surface area contributed by atoms with E-state index in [1.54, 1.807) is 23.7 Å². The molecule has 0 aliphatic heterocycles. The van der Waals surface area contributed by atoms with Crippen molar-refractivity contribution >= 4 is 22.2 Å². The van der Waals surface area contributed by atoms with Gasteiger partial charge in [-0.25, -0.2) is 4.98 Å². The highest BCUT2D eigenvalue weighted by molar-refractivity contribution is 7.13. The molecule has 0 fully saturated rings. The average molecular weight is 232 g/mol. The van der Waals surface area contributed by atoms with Crippen molar-refractivity contribution in [1.82, 2.24) is 9.97 Å². The number of aromatic nitrogens is 2. The summed E-state index contributed by atoms with van der Waals surface area (Å²) in [6, 6.07) is 3.86. The van der Waals surface area contributed by atoms with Crippen LogP contribution in [0.4, 0.5) is 5.13 Å². The normalized spacial score (nSPS) is 11.5. The van der Waals surface area contributed by atoms with Gasteiger partial charge in [-0.1, -0.05) is 6.07 Å². The zero-order valence-electron chi connectivity index (χ0n) is 9.14. The van der Waals surface area contributed by atoms with Gasteiger partial charge in [0.05, 0.1) is 11.4 Å². The van der Waals surface area contributed by atoms with Gasteiger partial charge in [0.1, 0.15) is 0 Å². The SMILES string of the molecule is C/C(=N/Nc1nc(C)cs1)c1cccnc1. The maximum absolute atomic E-state index is 4.26. The summed E-state index contributed by atoms with van der Waals surface area (Å²) in [6.45, 7) is 3.89. The van der Waals surface area contributed by atoms with E-state index in [4.69, 9.17) is 0 Å². The van der Waals surface area contributed by atoms with Crippen molar-refractivity contribution in [3.8, 4) is 0 Å². The summed E-state index contributed by atoms with van der Waals surface area (Å²) in [5.41, 5.74) is 5.83. The number of hydrazone groups is 1. The largest absolute Gasteiger partial charge is 0.264 e. The first-order valence-electron chi connectivity index (χ1n) is 4.88. The number of rotatable bonds is 3. The topological polar surface area (TPSA) is 50.2 Å². The average Bonchev–Trinajstić information content (AvgIpc) is 2.73. The van der Waals surface area contributed by atoms with Crippen molar-refractivity contribution in [3.05, 3.63) is 41.2 Å². The molecule has 2 rings (SSSR count). The molecule has 2 heterocycles. The molecule has 0 aliphatic rings. The van der Waals surface area contributed by atoms with Gasteiger partial charge in [0.2, 0.25) is 5.13 Å². The molecule has 0 bridgehead atoms. The van der Waals surface area contributed by atoms with Crippen molar-refractivity contribution in [1.29, 1.82) is 0 Å². The lowest BCUT2D eigenvalue weighted by Crippen LogP contribution is -1.99. The first-order chi connectivity index (χ1) is 7.75. The van der Waals surface area contributed by atoms with E-state index in [1.165, 1.54) is 0 Å². The lowest BCUT2D eigenvalue weighted by atomic mass is 10.2. The molecule has 16 heavy (non-hydrogen) atoms. The Morgan fingerprint density at radius 1 is 1.50 bits per heavy atom. The third kappa shape index (κ3) is 2.64. The molecule has 82 valence electrons. The van der Waals surface area contributed by atoms with Gasteiger partial charge in [0, 0.05) is 23.3 Å². The highest BCUT2D eigenvalue weighted by atomic mass is 32.1. The molecule has 0 radical (unpaired) electrons. The fraction of sp³-hybridized carbons (Fsp3) is 0.182. The second-order valence-electron chi connectivity index (χ2n) is 3.34. The minimum atomic E-state index is 0.806. The molecule has 0 aromatic carbocycles. The van der Waals surface area contributed by atoms with E-state index in [1.807, 2.05) is 31.4 Å². The maximum Gasteiger partial charge on any atom is 0.203 e. The van der Waals surface area contributed by atoms with Crippen molar-refractivity contribution in [2.45, 2.75) is 13.8 Å². The van der Waals surface area contributed by atoms with Crippen LogP contribution in [0.3, 0.4) is 0 Å². The lowest BCUT2D eigenvalue weighted by molar-refractivity contribution is 1.21. The summed E-state index contributed by atoms with van der Waals surface area (Å²) < 4.78 is 0. The Hall–Kier alpha value is -1.75. The summed E-state index contributed by atoms with van der Waals surface area (Å²) in [7, 11) is 0. The Morgan fingerprint density at radius 3 is 3.00 bits per heavy atom. The van der Waals surface area contributed by atoms with Gasteiger partial charge >= 0.3 is 0 Å². The third-order valence-corrected chi connectivity index (χ3v) is 2.88. The number of hydrogen-bond donors (Lipinski definition) is 1. The third-order valence-electron chi connectivity index (χ3n) is 2.02. The zero-order valence-corrected chi connectivity index (χ0v) is 9.95. The second kappa shape index (κ2) is 4.85. The van der Waals surface area contributed by atoms with Crippen LogP contribution in [0.25, 0.3) is 0 Å². The monoisotopic (exact) mass is 232 g/mol. The number of pyridine rings is 1. The number of nitrogens with one attached hydrogen (secondary N) is 1. The molecule has 0 aliphatic carbocycles. The summed E-state index contributed by atoms with van der Waals surface area (Å²) in [5.74, 6) is 0. The van der Waals surface area contributed by atoms with Crippen LogP contribution in [0.5, 0.6) is 0 Å². The Morgan fingerprint density at radius 2 is 2.38 bits per heavy atom. The zero-order chi connectivity index (χ0) is 11.4. The van der Waals surface area contributed by atoms with E-state index < -0.39 is 0 Å². The molecule has 5 heteroatoms. The van der Waals surface area contributed by atoms with Crippen LogP contribution in [-0.2, 0) is 0 Å². The number of nitrogens with zero attached hydrogens (tertiary/aromatic N) is 3. The predicted molar refractivity (Wildman–Crippen MR) is 66.9 cm³/mol. The first kappa shape index (κ1) is 10.8. The van der Waals surface area contributed by atoms with Crippen LogP contribution in [0.1, 0.15) is 18.2 Å². The van der Waals surface area contributed by atoms with Gasteiger partial charge in [0.25, 0.3) is 0 Å². The first-order valence-corrected chi connectivity index (χ1v) is 5.76. The van der Waals surface area contributed by atoms with E-state index in [0.29, 0.717) is 0 Å². The van der Waals surface area contributed by atoms with E-state index in [2.05, 4.69) is 20.5 Å². The number of hydrogen-bond acceptors (Lipinski definition) is 5. The Bertz CT molecular complexity index is 490. The molecule has 0 spiro atoms. The second-order valence-corrected chi connectivity index (χ2v) is 4.20. The van der Waals surface area contributed by atoms with E-state index in [0.717, 1.165) is 22.1 Å². The molecule has 0 amide bonds. The van der Waals surface area contributed by atoms with Crippen molar-refractivity contribution in [3.63, 3.8) is 0 Å². The Kier molecular flexibility index (Phi) is 3.26. The van der Waals surface area contributed by atoms with Gasteiger partial charge in [0.15, 0.2) is 0 Å². The van der Waals surface area contributed by atoms with Crippen LogP contribution < -0.4 is 5.43 Å². The van der Waals surface area contributed by atoms with Crippen LogP contribution in [0, 0.1) is 6.92 Å². The molecule has 0 saturated carbocycles. The van der Waals surface area contributed by atoms with Crippen LogP contribution in [-0.4, -0.2) is 15.7 Å². The predicted octanol–water partition coefficient (Wildman–Crippen LogP) is 2.68. The maximum atomic E-state index is 4.26. The summed E-state index contributed by atoms with van der Waals surface area (Å²) >= 11 is 1.54. The van der Waals surface area contributed by atoms with E-state index in [-0.39, 0.29) is 0 Å². The fourth-order valence-corrected chi connectivity index (χ4v) is 1.81.